The number of ether oxygens (including phenoxy) is 1. The van der Waals surface area contributed by atoms with E-state index in [1.807, 2.05) is 18.4 Å². The summed E-state index contributed by atoms with van der Waals surface area (Å²) in [5.74, 6) is -0.0859. The van der Waals surface area contributed by atoms with Crippen LogP contribution < -0.4 is 10.5 Å². The Morgan fingerprint density at radius 3 is 2.68 bits per heavy atom. The Morgan fingerprint density at radius 2 is 2.21 bits per heavy atom. The molecule has 0 radical (unpaired) electrons. The number of nitrogens with two attached hydrogens (primary N) is 1. The Labute approximate surface area is 118 Å². The smallest absolute Gasteiger partial charge is 0.303 e. The van der Waals surface area contributed by atoms with E-state index in [0.717, 1.165) is 17.7 Å². The molecule has 0 saturated heterocycles. The van der Waals surface area contributed by atoms with Crippen LogP contribution >= 0.6 is 11.8 Å². The molecule has 4 nitrogen and oxygen atoms in total. The molecule has 0 saturated carbocycles. The molecule has 0 fully saturated rings. The van der Waals surface area contributed by atoms with Crippen LogP contribution in [0, 0.1) is 0 Å². The van der Waals surface area contributed by atoms with Crippen LogP contribution in [0.15, 0.2) is 17.0 Å². The highest BCUT2D eigenvalue weighted by molar-refractivity contribution is 7.98. The van der Waals surface area contributed by atoms with Gasteiger partial charge in [-0.05, 0) is 36.8 Å². The Balaban J connectivity index is 3.06. The van der Waals surface area contributed by atoms with Gasteiger partial charge in [-0.2, -0.15) is 0 Å². The molecule has 0 amide bonds. The highest BCUT2D eigenvalue weighted by Gasteiger charge is 2.16. The lowest BCUT2D eigenvalue weighted by molar-refractivity contribution is -0.137. The first-order valence-electron chi connectivity index (χ1n) is 6.25. The van der Waals surface area contributed by atoms with E-state index in [-0.39, 0.29) is 12.5 Å². The summed E-state index contributed by atoms with van der Waals surface area (Å²) in [7, 11) is 1.61. The third-order valence-corrected chi connectivity index (χ3v) is 3.90. The standard InChI is InChI=1S/C14H21NO3S/c1-4-9-7-12(18-2)10(8-13(9)19-3)11(15)5-6-14(16)17/h7-8,11H,4-6,15H2,1-3H3,(H,16,17). The van der Waals surface area contributed by atoms with E-state index in [0.29, 0.717) is 6.42 Å². The summed E-state index contributed by atoms with van der Waals surface area (Å²) < 4.78 is 5.38. The second-order valence-electron chi connectivity index (χ2n) is 4.30. The van der Waals surface area contributed by atoms with Gasteiger partial charge in [-0.1, -0.05) is 6.92 Å². The van der Waals surface area contributed by atoms with Crippen molar-refractivity contribution in [3.63, 3.8) is 0 Å². The molecule has 1 rings (SSSR count). The molecular formula is C14H21NO3S. The van der Waals surface area contributed by atoms with E-state index in [2.05, 4.69) is 6.92 Å². The van der Waals surface area contributed by atoms with Crippen molar-refractivity contribution in [1.29, 1.82) is 0 Å². The maximum atomic E-state index is 10.6. The monoisotopic (exact) mass is 283 g/mol. The second-order valence-corrected chi connectivity index (χ2v) is 5.15. The van der Waals surface area contributed by atoms with E-state index >= 15 is 0 Å². The van der Waals surface area contributed by atoms with Crippen molar-refractivity contribution in [3.05, 3.63) is 23.3 Å². The van der Waals surface area contributed by atoms with Gasteiger partial charge in [0.05, 0.1) is 7.11 Å². The van der Waals surface area contributed by atoms with E-state index in [9.17, 15) is 4.79 Å². The van der Waals surface area contributed by atoms with Crippen molar-refractivity contribution < 1.29 is 14.6 Å². The maximum Gasteiger partial charge on any atom is 0.303 e. The van der Waals surface area contributed by atoms with Crippen LogP contribution in [0.4, 0.5) is 0 Å². The fraction of sp³-hybridized carbons (Fsp3) is 0.500. The fourth-order valence-electron chi connectivity index (χ4n) is 1.99. The summed E-state index contributed by atoms with van der Waals surface area (Å²) in [6, 6.07) is 3.71. The second kappa shape index (κ2) is 7.40. The number of carboxylic acid groups (broad SMARTS) is 1. The summed E-state index contributed by atoms with van der Waals surface area (Å²) >= 11 is 1.67. The molecule has 0 aliphatic heterocycles. The van der Waals surface area contributed by atoms with Crippen molar-refractivity contribution in [3.8, 4) is 5.75 Å². The average Bonchev–Trinajstić information content (AvgIpc) is 2.42. The van der Waals surface area contributed by atoms with Gasteiger partial charge in [0.15, 0.2) is 0 Å². The number of hydrogen-bond acceptors (Lipinski definition) is 4. The first-order chi connectivity index (χ1) is 9.03. The van der Waals surface area contributed by atoms with Crippen LogP contribution in [0.2, 0.25) is 0 Å². The Kier molecular flexibility index (Phi) is 6.18. The molecule has 0 aliphatic rings. The Morgan fingerprint density at radius 1 is 1.53 bits per heavy atom. The maximum absolute atomic E-state index is 10.6. The molecular weight excluding hydrogens is 262 g/mol. The average molecular weight is 283 g/mol. The van der Waals surface area contributed by atoms with Crippen molar-refractivity contribution in [2.75, 3.05) is 13.4 Å². The van der Waals surface area contributed by atoms with Gasteiger partial charge in [0.2, 0.25) is 0 Å². The molecule has 1 atom stereocenters. The molecule has 1 unspecified atom stereocenters. The van der Waals surface area contributed by atoms with Crippen LogP contribution in [0.5, 0.6) is 5.75 Å². The van der Waals surface area contributed by atoms with Crippen molar-refractivity contribution >= 4 is 17.7 Å². The largest absolute Gasteiger partial charge is 0.496 e. The summed E-state index contributed by atoms with van der Waals surface area (Å²) in [5, 5.41) is 8.73. The number of carboxylic acids is 1. The number of rotatable bonds is 7. The molecule has 0 aliphatic carbocycles. The minimum absolute atomic E-state index is 0.0639. The number of thioether (sulfide) groups is 1. The minimum Gasteiger partial charge on any atom is -0.496 e. The topological polar surface area (TPSA) is 72.5 Å². The number of hydrogen-bond donors (Lipinski definition) is 2. The van der Waals surface area contributed by atoms with Crippen molar-refractivity contribution in [2.24, 2.45) is 5.73 Å². The van der Waals surface area contributed by atoms with Crippen LogP contribution in [-0.4, -0.2) is 24.4 Å². The molecule has 5 heteroatoms. The SMILES string of the molecule is CCc1cc(OC)c(C(N)CCC(=O)O)cc1SC. The predicted octanol–water partition coefficient (Wildman–Crippen LogP) is 2.84. The zero-order valence-electron chi connectivity index (χ0n) is 11.6. The predicted molar refractivity (Wildman–Crippen MR) is 78.0 cm³/mol. The normalized spacial score (nSPS) is 12.2. The first kappa shape index (κ1) is 15.9. The number of methoxy groups -OCH3 is 1. The molecule has 0 spiro atoms. The number of aryl methyl sites for hydroxylation is 1. The molecule has 106 valence electrons. The lowest BCUT2D eigenvalue weighted by Crippen LogP contribution is -2.14. The Bertz CT molecular complexity index is 449. The third kappa shape index (κ3) is 4.14. The van der Waals surface area contributed by atoms with Crippen LogP contribution in [0.3, 0.4) is 0 Å². The molecule has 0 bridgehead atoms. The minimum atomic E-state index is -0.829. The number of aliphatic carboxylic acids is 1. The molecule has 0 heterocycles. The van der Waals surface area contributed by atoms with Crippen LogP contribution in [0.25, 0.3) is 0 Å². The van der Waals surface area contributed by atoms with E-state index < -0.39 is 5.97 Å². The van der Waals surface area contributed by atoms with Gasteiger partial charge in [0.25, 0.3) is 0 Å². The number of carbonyl (C=O) groups is 1. The van der Waals surface area contributed by atoms with Gasteiger partial charge in [-0.3, -0.25) is 4.79 Å². The first-order valence-corrected chi connectivity index (χ1v) is 7.48. The lowest BCUT2D eigenvalue weighted by Gasteiger charge is -2.18. The third-order valence-electron chi connectivity index (χ3n) is 3.08. The van der Waals surface area contributed by atoms with Gasteiger partial charge < -0.3 is 15.6 Å². The van der Waals surface area contributed by atoms with Gasteiger partial charge >= 0.3 is 5.97 Å². The Hall–Kier alpha value is -1.20. The van der Waals surface area contributed by atoms with E-state index in [4.69, 9.17) is 15.6 Å². The molecule has 1 aromatic carbocycles. The van der Waals surface area contributed by atoms with Gasteiger partial charge in [0, 0.05) is 22.9 Å². The lowest BCUT2D eigenvalue weighted by atomic mass is 9.99. The van der Waals surface area contributed by atoms with Crippen molar-refractivity contribution in [2.45, 2.75) is 37.1 Å². The summed E-state index contributed by atoms with van der Waals surface area (Å²) in [4.78, 5) is 11.8. The van der Waals surface area contributed by atoms with E-state index in [1.165, 1.54) is 10.5 Å². The zero-order valence-corrected chi connectivity index (χ0v) is 12.4. The van der Waals surface area contributed by atoms with Gasteiger partial charge in [-0.25, -0.2) is 0 Å². The molecule has 3 N–H and O–H groups in total. The summed E-state index contributed by atoms with van der Waals surface area (Å²) in [6.07, 6.45) is 3.42. The number of benzene rings is 1. The molecule has 19 heavy (non-hydrogen) atoms. The van der Waals surface area contributed by atoms with Gasteiger partial charge in [0.1, 0.15) is 5.75 Å². The highest BCUT2D eigenvalue weighted by atomic mass is 32.2. The van der Waals surface area contributed by atoms with Gasteiger partial charge in [-0.15, -0.1) is 11.8 Å². The van der Waals surface area contributed by atoms with Crippen LogP contribution in [-0.2, 0) is 11.2 Å². The quantitative estimate of drug-likeness (QED) is 0.753. The molecule has 0 aromatic heterocycles. The van der Waals surface area contributed by atoms with Crippen molar-refractivity contribution in [1.82, 2.24) is 0 Å². The van der Waals surface area contributed by atoms with Crippen LogP contribution in [0.1, 0.15) is 36.9 Å². The van der Waals surface area contributed by atoms with E-state index in [1.54, 1.807) is 18.9 Å². The fourth-order valence-corrected chi connectivity index (χ4v) is 2.70. The summed E-state index contributed by atoms with van der Waals surface area (Å²) in [6.45, 7) is 2.10. The molecule has 1 aromatic rings. The summed E-state index contributed by atoms with van der Waals surface area (Å²) in [5.41, 5.74) is 8.18. The highest BCUT2D eigenvalue weighted by Crippen LogP contribution is 2.33. The zero-order chi connectivity index (χ0) is 14.4.